The summed E-state index contributed by atoms with van der Waals surface area (Å²) in [4.78, 5) is 11.4. The molecule has 1 aromatic carbocycles. The molecular weight excluding hydrogens is 319 g/mol. The van der Waals surface area contributed by atoms with Crippen molar-refractivity contribution < 1.29 is 9.18 Å². The van der Waals surface area contributed by atoms with E-state index in [2.05, 4.69) is 15.9 Å². The Balaban J connectivity index is 2.14. The van der Waals surface area contributed by atoms with Crippen LogP contribution in [0.15, 0.2) is 16.6 Å². The van der Waals surface area contributed by atoms with Crippen molar-refractivity contribution in [1.82, 2.24) is 0 Å². The zero-order chi connectivity index (χ0) is 12.9. The molecule has 1 saturated carbocycles. The van der Waals surface area contributed by atoms with Crippen molar-refractivity contribution in [2.24, 2.45) is 0 Å². The first kappa shape index (κ1) is 12.4. The van der Waals surface area contributed by atoms with E-state index in [-0.39, 0.29) is 16.3 Å². The minimum Gasteiger partial charge on any atom is -0.300 e. The molecule has 1 nitrogen and oxygen atoms in total. The van der Waals surface area contributed by atoms with Crippen molar-refractivity contribution in [2.45, 2.75) is 31.1 Å². The molecule has 18 heavy (non-hydrogen) atoms. The lowest BCUT2D eigenvalue weighted by Gasteiger charge is -2.35. The summed E-state index contributed by atoms with van der Waals surface area (Å²) in [5.41, 5.74) is 1.32. The summed E-state index contributed by atoms with van der Waals surface area (Å²) in [7, 11) is 0. The predicted octanol–water partition coefficient (Wildman–Crippen LogP) is 4.61. The Morgan fingerprint density at radius 3 is 2.61 bits per heavy atom. The lowest BCUT2D eigenvalue weighted by atomic mass is 9.70. The van der Waals surface area contributed by atoms with Gasteiger partial charge in [0, 0.05) is 28.3 Å². The van der Waals surface area contributed by atoms with Crippen LogP contribution >= 0.6 is 27.5 Å². The minimum atomic E-state index is -0.361. The Morgan fingerprint density at radius 1 is 1.28 bits per heavy atom. The molecule has 0 radical (unpaired) electrons. The highest BCUT2D eigenvalue weighted by atomic mass is 79.9. The van der Waals surface area contributed by atoms with E-state index in [1.165, 1.54) is 0 Å². The molecule has 0 atom stereocenters. The average molecular weight is 330 g/mol. The summed E-state index contributed by atoms with van der Waals surface area (Å²) in [5.74, 6) is -0.0660. The summed E-state index contributed by atoms with van der Waals surface area (Å²) in [6, 6.07) is 3.49. The van der Waals surface area contributed by atoms with Gasteiger partial charge in [-0.1, -0.05) is 33.6 Å². The second kappa shape index (κ2) is 4.17. The molecule has 0 heterocycles. The molecule has 94 valence electrons. The van der Waals surface area contributed by atoms with E-state index in [1.54, 1.807) is 6.07 Å². The van der Waals surface area contributed by atoms with Crippen LogP contribution in [-0.2, 0) is 10.2 Å². The summed E-state index contributed by atoms with van der Waals surface area (Å²) in [6.45, 7) is 0. The average Bonchev–Trinajstić information content (AvgIpc) is 2.63. The summed E-state index contributed by atoms with van der Waals surface area (Å²) in [5, 5.41) is 0.147. The molecule has 0 unspecified atom stereocenters. The van der Waals surface area contributed by atoms with E-state index in [0.29, 0.717) is 24.2 Å². The van der Waals surface area contributed by atoms with Gasteiger partial charge in [-0.25, -0.2) is 4.39 Å². The van der Waals surface area contributed by atoms with E-state index in [1.807, 2.05) is 12.1 Å². The maximum Gasteiger partial charge on any atom is 0.149 e. The van der Waals surface area contributed by atoms with Crippen LogP contribution in [0.25, 0.3) is 6.08 Å². The largest absolute Gasteiger partial charge is 0.300 e. The number of carbonyl (C=O) groups is 1. The van der Waals surface area contributed by atoms with Gasteiger partial charge in [0.05, 0.1) is 5.02 Å². The number of benzene rings is 1. The molecule has 1 aromatic rings. The number of ketones is 1. The lowest BCUT2D eigenvalue weighted by Crippen LogP contribution is -2.30. The minimum absolute atomic E-state index is 0.147. The van der Waals surface area contributed by atoms with Gasteiger partial charge in [0.2, 0.25) is 0 Å². The van der Waals surface area contributed by atoms with Crippen molar-refractivity contribution in [3.05, 3.63) is 38.6 Å². The molecular formula is C14H11BrClFO. The molecule has 1 fully saturated rings. The third kappa shape index (κ3) is 1.60. The van der Waals surface area contributed by atoms with Gasteiger partial charge in [-0.2, -0.15) is 0 Å². The topological polar surface area (TPSA) is 17.1 Å². The van der Waals surface area contributed by atoms with Crippen molar-refractivity contribution in [3.63, 3.8) is 0 Å². The SMILES string of the molecule is O=C1CCC2(CC1)C(Br)=Cc1c2ccc(Cl)c1F. The van der Waals surface area contributed by atoms with Gasteiger partial charge in [0.15, 0.2) is 0 Å². The van der Waals surface area contributed by atoms with Gasteiger partial charge < -0.3 is 0 Å². The molecule has 2 aliphatic rings. The van der Waals surface area contributed by atoms with Crippen LogP contribution in [0, 0.1) is 5.82 Å². The maximum atomic E-state index is 14.0. The number of allylic oxidation sites excluding steroid dienone is 1. The number of fused-ring (bicyclic) bond motifs is 2. The smallest absolute Gasteiger partial charge is 0.149 e. The first-order chi connectivity index (χ1) is 8.54. The van der Waals surface area contributed by atoms with Gasteiger partial charge in [0.25, 0.3) is 0 Å². The third-order valence-corrected chi connectivity index (χ3v) is 5.32. The van der Waals surface area contributed by atoms with Crippen LogP contribution in [0.3, 0.4) is 0 Å². The Kier molecular flexibility index (Phi) is 2.87. The summed E-state index contributed by atoms with van der Waals surface area (Å²) < 4.78 is 15.0. The number of rotatable bonds is 0. The summed E-state index contributed by atoms with van der Waals surface area (Å²) >= 11 is 9.37. The zero-order valence-electron chi connectivity index (χ0n) is 9.60. The molecule has 1 spiro atoms. The fourth-order valence-electron chi connectivity index (χ4n) is 2.98. The van der Waals surface area contributed by atoms with E-state index in [9.17, 15) is 9.18 Å². The van der Waals surface area contributed by atoms with Gasteiger partial charge in [0.1, 0.15) is 11.6 Å². The van der Waals surface area contributed by atoms with E-state index in [0.717, 1.165) is 22.9 Å². The first-order valence-electron chi connectivity index (χ1n) is 5.92. The Labute approximate surface area is 118 Å². The lowest BCUT2D eigenvalue weighted by molar-refractivity contribution is -0.121. The van der Waals surface area contributed by atoms with Gasteiger partial charge in [-0.15, -0.1) is 0 Å². The Hall–Kier alpha value is -0.670. The number of Topliss-reactive ketones (excluding diaryl/α,β-unsaturated/α-hetero) is 1. The van der Waals surface area contributed by atoms with Gasteiger partial charge in [-0.3, -0.25) is 4.79 Å². The van der Waals surface area contributed by atoms with Crippen LogP contribution in [0.4, 0.5) is 4.39 Å². The van der Waals surface area contributed by atoms with Gasteiger partial charge >= 0.3 is 0 Å². The number of halogens is 3. The molecule has 0 saturated heterocycles. The highest BCUT2D eigenvalue weighted by molar-refractivity contribution is 9.11. The van der Waals surface area contributed by atoms with Crippen LogP contribution in [-0.4, -0.2) is 5.78 Å². The second-order valence-electron chi connectivity index (χ2n) is 4.94. The van der Waals surface area contributed by atoms with E-state index in [4.69, 9.17) is 11.6 Å². The summed E-state index contributed by atoms with van der Waals surface area (Å²) in [6.07, 6.45) is 4.43. The second-order valence-corrected chi connectivity index (χ2v) is 6.20. The molecule has 3 rings (SSSR count). The zero-order valence-corrected chi connectivity index (χ0v) is 11.9. The molecule has 0 bridgehead atoms. The molecule has 0 aromatic heterocycles. The number of hydrogen-bond donors (Lipinski definition) is 0. The fraction of sp³-hybridized carbons (Fsp3) is 0.357. The fourth-order valence-corrected chi connectivity index (χ4v) is 3.99. The highest BCUT2D eigenvalue weighted by Gasteiger charge is 2.44. The standard InChI is InChI=1S/C14H11BrClFO/c15-12-7-9-10(1-2-11(16)13(9)17)14(12)5-3-8(18)4-6-14/h1-2,7H,3-6H2. The highest BCUT2D eigenvalue weighted by Crippen LogP contribution is 2.53. The maximum absolute atomic E-state index is 14.0. The monoisotopic (exact) mass is 328 g/mol. The molecule has 2 aliphatic carbocycles. The quantitative estimate of drug-likeness (QED) is 0.679. The normalized spacial score (nSPS) is 21.1. The van der Waals surface area contributed by atoms with Crippen LogP contribution in [0.1, 0.15) is 36.8 Å². The van der Waals surface area contributed by atoms with Crippen molar-refractivity contribution in [3.8, 4) is 0 Å². The van der Waals surface area contributed by atoms with Gasteiger partial charge in [-0.05, 0) is 30.5 Å². The third-order valence-electron chi connectivity index (χ3n) is 4.04. The van der Waals surface area contributed by atoms with E-state index >= 15 is 0 Å². The van der Waals surface area contributed by atoms with E-state index < -0.39 is 0 Å². The Bertz CT molecular complexity index is 569. The molecule has 0 aliphatic heterocycles. The molecule has 0 amide bonds. The number of carbonyl (C=O) groups excluding carboxylic acids is 1. The van der Waals surface area contributed by atoms with Crippen molar-refractivity contribution in [1.29, 1.82) is 0 Å². The van der Waals surface area contributed by atoms with Crippen molar-refractivity contribution >= 4 is 39.4 Å². The number of hydrogen-bond acceptors (Lipinski definition) is 1. The Morgan fingerprint density at radius 2 is 1.94 bits per heavy atom. The van der Waals surface area contributed by atoms with Crippen molar-refractivity contribution in [2.75, 3.05) is 0 Å². The first-order valence-corrected chi connectivity index (χ1v) is 7.09. The van der Waals surface area contributed by atoms with Crippen LogP contribution in [0.5, 0.6) is 0 Å². The van der Waals surface area contributed by atoms with Crippen LogP contribution in [0.2, 0.25) is 5.02 Å². The molecule has 4 heteroatoms. The predicted molar refractivity (Wildman–Crippen MR) is 73.5 cm³/mol. The van der Waals surface area contributed by atoms with Crippen LogP contribution < -0.4 is 0 Å². The molecule has 0 N–H and O–H groups in total.